The summed E-state index contributed by atoms with van der Waals surface area (Å²) in [4.78, 5) is 13.0. The SMILES string of the molecule is N#Cc1ccn(-c2ccccc2Oc2ccccc2)c1C(=O)NCc1ccc(F)cc1. The van der Waals surface area contributed by atoms with Crippen molar-refractivity contribution in [3.63, 3.8) is 0 Å². The number of hydrogen-bond acceptors (Lipinski definition) is 3. The first-order valence-corrected chi connectivity index (χ1v) is 9.62. The van der Waals surface area contributed by atoms with E-state index < -0.39 is 5.91 Å². The van der Waals surface area contributed by atoms with Crippen molar-refractivity contribution in [1.29, 1.82) is 5.26 Å². The number of para-hydroxylation sites is 3. The lowest BCUT2D eigenvalue weighted by Gasteiger charge is -2.15. The van der Waals surface area contributed by atoms with Crippen LogP contribution < -0.4 is 10.1 Å². The molecular formula is C25H18FN3O2. The van der Waals surface area contributed by atoms with Crippen LogP contribution >= 0.6 is 0 Å². The Kier molecular flexibility index (Phi) is 5.77. The molecule has 0 aliphatic rings. The number of nitriles is 1. The van der Waals surface area contributed by atoms with Gasteiger partial charge in [-0.25, -0.2) is 4.39 Å². The molecular weight excluding hydrogens is 393 g/mol. The summed E-state index contributed by atoms with van der Waals surface area (Å²) in [5.41, 5.74) is 1.82. The summed E-state index contributed by atoms with van der Waals surface area (Å²) in [5.74, 6) is 0.442. The van der Waals surface area contributed by atoms with E-state index >= 15 is 0 Å². The quantitative estimate of drug-likeness (QED) is 0.474. The average Bonchev–Trinajstić information content (AvgIpc) is 3.24. The van der Waals surface area contributed by atoms with Gasteiger partial charge in [-0.3, -0.25) is 4.79 Å². The van der Waals surface area contributed by atoms with Crippen LogP contribution in [-0.2, 0) is 6.54 Å². The number of rotatable bonds is 6. The summed E-state index contributed by atoms with van der Waals surface area (Å²) in [7, 11) is 0. The fourth-order valence-electron chi connectivity index (χ4n) is 3.18. The molecule has 0 unspecified atom stereocenters. The Morgan fingerprint density at radius 1 is 0.968 bits per heavy atom. The molecule has 6 heteroatoms. The van der Waals surface area contributed by atoms with E-state index in [1.54, 1.807) is 35.0 Å². The Morgan fingerprint density at radius 2 is 1.68 bits per heavy atom. The van der Waals surface area contributed by atoms with E-state index in [1.165, 1.54) is 12.1 Å². The minimum absolute atomic E-state index is 0.203. The predicted molar refractivity (Wildman–Crippen MR) is 115 cm³/mol. The highest BCUT2D eigenvalue weighted by Gasteiger charge is 2.20. The molecule has 1 heterocycles. The molecule has 1 amide bonds. The second kappa shape index (κ2) is 8.97. The molecule has 1 N–H and O–H groups in total. The maximum absolute atomic E-state index is 13.1. The van der Waals surface area contributed by atoms with Gasteiger partial charge in [-0.2, -0.15) is 5.26 Å². The third kappa shape index (κ3) is 4.46. The molecule has 0 aliphatic carbocycles. The zero-order valence-electron chi connectivity index (χ0n) is 16.5. The van der Waals surface area contributed by atoms with E-state index in [1.807, 2.05) is 48.5 Å². The fourth-order valence-corrected chi connectivity index (χ4v) is 3.18. The van der Waals surface area contributed by atoms with Crippen LogP contribution in [0, 0.1) is 17.1 Å². The molecule has 0 saturated heterocycles. The normalized spacial score (nSPS) is 10.3. The number of carbonyl (C=O) groups is 1. The number of hydrogen-bond donors (Lipinski definition) is 1. The minimum Gasteiger partial charge on any atom is -0.455 e. The van der Waals surface area contributed by atoms with Gasteiger partial charge in [0, 0.05) is 12.7 Å². The molecule has 0 bridgehead atoms. The van der Waals surface area contributed by atoms with Gasteiger partial charge in [0.15, 0.2) is 5.75 Å². The molecule has 4 rings (SSSR count). The van der Waals surface area contributed by atoms with E-state index in [2.05, 4.69) is 11.4 Å². The highest BCUT2D eigenvalue weighted by molar-refractivity contribution is 5.96. The van der Waals surface area contributed by atoms with E-state index in [-0.39, 0.29) is 23.6 Å². The largest absolute Gasteiger partial charge is 0.455 e. The van der Waals surface area contributed by atoms with Gasteiger partial charge in [0.1, 0.15) is 23.3 Å². The smallest absolute Gasteiger partial charge is 0.269 e. The summed E-state index contributed by atoms with van der Waals surface area (Å²) in [6.07, 6.45) is 1.67. The molecule has 1 aromatic heterocycles. The third-order valence-electron chi connectivity index (χ3n) is 4.68. The van der Waals surface area contributed by atoms with Crippen LogP contribution in [0.15, 0.2) is 91.1 Å². The van der Waals surface area contributed by atoms with Gasteiger partial charge in [0.2, 0.25) is 0 Å². The van der Waals surface area contributed by atoms with Gasteiger partial charge < -0.3 is 14.6 Å². The van der Waals surface area contributed by atoms with Gasteiger partial charge in [-0.15, -0.1) is 0 Å². The zero-order chi connectivity index (χ0) is 21.6. The lowest BCUT2D eigenvalue weighted by molar-refractivity contribution is 0.0944. The van der Waals surface area contributed by atoms with Crippen molar-refractivity contribution in [2.75, 3.05) is 0 Å². The summed E-state index contributed by atoms with van der Waals surface area (Å²) >= 11 is 0. The molecule has 0 aliphatic heterocycles. The highest BCUT2D eigenvalue weighted by atomic mass is 19.1. The first-order valence-electron chi connectivity index (χ1n) is 9.62. The summed E-state index contributed by atoms with van der Waals surface area (Å²) < 4.78 is 20.8. The van der Waals surface area contributed by atoms with Crippen molar-refractivity contribution in [1.82, 2.24) is 9.88 Å². The third-order valence-corrected chi connectivity index (χ3v) is 4.68. The predicted octanol–water partition coefficient (Wildman–Crippen LogP) is 5.21. The molecule has 152 valence electrons. The van der Waals surface area contributed by atoms with Gasteiger partial charge in [-0.1, -0.05) is 42.5 Å². The maximum Gasteiger partial charge on any atom is 0.269 e. The first kappa shape index (κ1) is 19.9. The minimum atomic E-state index is -0.416. The Balaban J connectivity index is 1.65. The second-order valence-corrected chi connectivity index (χ2v) is 6.75. The number of aromatic nitrogens is 1. The van der Waals surface area contributed by atoms with Gasteiger partial charge in [0.05, 0.1) is 11.3 Å². The van der Waals surface area contributed by atoms with Crippen LogP contribution in [0.3, 0.4) is 0 Å². The monoisotopic (exact) mass is 411 g/mol. The summed E-state index contributed by atoms with van der Waals surface area (Å²) in [6, 6.07) is 26.1. The summed E-state index contributed by atoms with van der Waals surface area (Å²) in [5, 5.41) is 12.3. The lowest BCUT2D eigenvalue weighted by atomic mass is 10.2. The van der Waals surface area contributed by atoms with E-state index in [0.29, 0.717) is 17.2 Å². The van der Waals surface area contributed by atoms with Gasteiger partial charge >= 0.3 is 0 Å². The van der Waals surface area contributed by atoms with Crippen molar-refractivity contribution >= 4 is 5.91 Å². The van der Waals surface area contributed by atoms with Crippen molar-refractivity contribution in [2.45, 2.75) is 6.54 Å². The van der Waals surface area contributed by atoms with Crippen LogP contribution in [-0.4, -0.2) is 10.5 Å². The van der Waals surface area contributed by atoms with Crippen molar-refractivity contribution in [2.24, 2.45) is 0 Å². The van der Waals surface area contributed by atoms with Gasteiger partial charge in [0.25, 0.3) is 5.91 Å². The first-order chi connectivity index (χ1) is 15.2. The molecule has 0 radical (unpaired) electrons. The molecule has 3 aromatic carbocycles. The van der Waals surface area contributed by atoms with E-state index in [4.69, 9.17) is 4.74 Å². The Hall–Kier alpha value is -4.37. The fraction of sp³-hybridized carbons (Fsp3) is 0.0400. The number of benzene rings is 3. The van der Waals surface area contributed by atoms with Gasteiger partial charge in [-0.05, 0) is 48.0 Å². The topological polar surface area (TPSA) is 67.0 Å². The average molecular weight is 411 g/mol. The highest BCUT2D eigenvalue weighted by Crippen LogP contribution is 2.30. The molecule has 5 nitrogen and oxygen atoms in total. The molecule has 0 fully saturated rings. The van der Waals surface area contributed by atoms with E-state index in [9.17, 15) is 14.4 Å². The van der Waals surface area contributed by atoms with Crippen LogP contribution in [0.4, 0.5) is 4.39 Å². The number of carbonyl (C=O) groups excluding carboxylic acids is 1. The van der Waals surface area contributed by atoms with Crippen LogP contribution in [0.25, 0.3) is 5.69 Å². The molecule has 4 aromatic rings. The standard InChI is InChI=1S/C25H18FN3O2/c26-20-12-10-18(11-13-20)17-28-25(30)24-19(16-27)14-15-29(24)22-8-4-5-9-23(22)31-21-6-2-1-3-7-21/h1-15H,17H2,(H,28,30). The van der Waals surface area contributed by atoms with Crippen LogP contribution in [0.1, 0.15) is 21.6 Å². The Morgan fingerprint density at radius 3 is 2.42 bits per heavy atom. The van der Waals surface area contributed by atoms with Crippen LogP contribution in [0.5, 0.6) is 11.5 Å². The van der Waals surface area contributed by atoms with Crippen molar-refractivity contribution in [3.8, 4) is 23.3 Å². The van der Waals surface area contributed by atoms with Crippen LogP contribution in [0.2, 0.25) is 0 Å². The number of nitrogens with one attached hydrogen (secondary N) is 1. The molecule has 0 saturated carbocycles. The molecule has 31 heavy (non-hydrogen) atoms. The Labute approximate surface area is 178 Å². The second-order valence-electron chi connectivity index (χ2n) is 6.75. The summed E-state index contributed by atoms with van der Waals surface area (Å²) in [6.45, 7) is 0.206. The molecule has 0 atom stereocenters. The number of amides is 1. The molecule has 0 spiro atoms. The number of ether oxygens (including phenoxy) is 1. The zero-order valence-corrected chi connectivity index (χ0v) is 16.5. The van der Waals surface area contributed by atoms with E-state index in [0.717, 1.165) is 5.56 Å². The van der Waals surface area contributed by atoms with Crippen molar-refractivity contribution in [3.05, 3.63) is 114 Å². The Bertz CT molecular complexity index is 1240. The number of nitrogens with zero attached hydrogens (tertiary/aromatic N) is 2. The van der Waals surface area contributed by atoms with Crippen molar-refractivity contribution < 1.29 is 13.9 Å². The number of halogens is 1. The lowest BCUT2D eigenvalue weighted by Crippen LogP contribution is -2.26. The maximum atomic E-state index is 13.1.